The van der Waals surface area contributed by atoms with Crippen LogP contribution in [-0.4, -0.2) is 98.9 Å². The van der Waals surface area contributed by atoms with E-state index in [-0.39, 0.29) is 37.6 Å². The smallest absolute Gasteiger partial charge is 0.464 e. The van der Waals surface area contributed by atoms with Gasteiger partial charge in [-0.25, -0.2) is 14.0 Å². The zero-order valence-electron chi connectivity index (χ0n) is 30.8. The van der Waals surface area contributed by atoms with Crippen molar-refractivity contribution >= 4 is 29.6 Å². The van der Waals surface area contributed by atoms with Crippen LogP contribution in [0.25, 0.3) is 0 Å². The normalized spacial score (nSPS) is 33.1. The average molecular weight is 761 g/mol. The van der Waals surface area contributed by atoms with E-state index in [0.717, 1.165) is 0 Å². The molecule has 0 spiro atoms. The Morgan fingerprint density at radius 3 is 2.41 bits per heavy atom. The Hall–Kier alpha value is -4.06. The van der Waals surface area contributed by atoms with Crippen molar-refractivity contribution < 1.29 is 68.0 Å². The highest BCUT2D eigenvalue weighted by Gasteiger charge is 2.75. The SMILES string of the molecule is CC(=O)N[C@@H](Cc1ccc(OC(=O)OCC(=O)[C@@]2(O)[C@@H](C)C[C@H]3[C@@H]4CCC5=CC(=O)C=C[C@]5(C)[C@@]4(F)[C@@H](O)C[C@@]32C)cc1)C(=O)OCCCCON(O)O. The first kappa shape index (κ1) is 41.1. The highest BCUT2D eigenvalue weighted by atomic mass is 19.1. The lowest BCUT2D eigenvalue weighted by atomic mass is 9.44. The molecule has 0 saturated heterocycles. The van der Waals surface area contributed by atoms with Gasteiger partial charge in [0.05, 0.1) is 24.7 Å². The van der Waals surface area contributed by atoms with Crippen LogP contribution in [0.5, 0.6) is 5.75 Å². The predicted octanol–water partition coefficient (Wildman–Crippen LogP) is 3.50. The summed E-state index contributed by atoms with van der Waals surface area (Å²) in [5.74, 6) is -3.94. The quantitative estimate of drug-likeness (QED) is 0.0794. The number of amides is 1. The molecule has 5 rings (SSSR count). The van der Waals surface area contributed by atoms with Gasteiger partial charge in [0.1, 0.15) is 17.4 Å². The Bertz CT molecular complexity index is 1680. The van der Waals surface area contributed by atoms with Crippen molar-refractivity contribution in [2.24, 2.45) is 28.6 Å². The summed E-state index contributed by atoms with van der Waals surface area (Å²) >= 11 is 0. The number of Topliss-reactive ketones (excluding diaryl/α,β-unsaturated/α-hetero) is 1. The number of esters is 1. The van der Waals surface area contributed by atoms with Crippen LogP contribution in [0.15, 0.2) is 48.1 Å². The number of carbonyl (C=O) groups is 5. The fourth-order valence-electron chi connectivity index (χ4n) is 9.49. The highest BCUT2D eigenvalue weighted by molar-refractivity contribution is 6.01. The molecule has 296 valence electrons. The van der Waals surface area contributed by atoms with Crippen LogP contribution < -0.4 is 10.1 Å². The number of fused-ring (bicyclic) bond motifs is 5. The first-order valence-corrected chi connectivity index (χ1v) is 18.1. The number of nitrogens with one attached hydrogen (secondary N) is 1. The van der Waals surface area contributed by atoms with Crippen molar-refractivity contribution in [1.29, 1.82) is 0 Å². The van der Waals surface area contributed by atoms with Gasteiger partial charge in [0.25, 0.3) is 0 Å². The number of unbranched alkanes of at least 4 members (excludes halogenated alkanes) is 1. The number of halogens is 1. The van der Waals surface area contributed by atoms with E-state index in [9.17, 15) is 34.2 Å². The number of aliphatic hydroxyl groups is 2. The van der Waals surface area contributed by atoms with E-state index in [2.05, 4.69) is 10.2 Å². The number of alkyl halides is 1. The van der Waals surface area contributed by atoms with Gasteiger partial charge < -0.3 is 29.7 Å². The van der Waals surface area contributed by atoms with Gasteiger partial charge >= 0.3 is 12.1 Å². The summed E-state index contributed by atoms with van der Waals surface area (Å²) in [7, 11) is 0. The number of aliphatic hydroxyl groups excluding tert-OH is 1. The number of rotatable bonds is 14. The van der Waals surface area contributed by atoms with Gasteiger partial charge in [-0.1, -0.05) is 37.6 Å². The van der Waals surface area contributed by atoms with Gasteiger partial charge in [-0.2, -0.15) is 0 Å². The monoisotopic (exact) mass is 760 g/mol. The molecule has 15 nitrogen and oxygen atoms in total. The second-order valence-corrected chi connectivity index (χ2v) is 15.3. The molecule has 1 amide bonds. The van der Waals surface area contributed by atoms with Gasteiger partial charge in [-0.05, 0) is 87.1 Å². The van der Waals surface area contributed by atoms with Gasteiger partial charge in [-0.15, -0.1) is 0 Å². The standard InChI is InChI=1S/C38H49FN2O13/c1-22-17-29-28-12-9-25-19-26(43)13-14-35(25,3)37(28,39)31(44)20-36(29,4)38(22,48)32(45)21-52-34(47)54-27-10-7-24(8-11-27)18-30(40-23(2)42)33(46)51-15-5-6-16-53-41(49)50/h7-8,10-11,13-14,19,22,28-31,44,48-50H,5-6,9,12,15-18,20-21H2,1-4H3,(H,40,42)/t22-,28-,29-,30-,31-,35-,36-,37-,38-/m0/s1. The molecule has 16 heteroatoms. The lowest BCUT2D eigenvalue weighted by molar-refractivity contribution is -0.492. The van der Waals surface area contributed by atoms with Crippen molar-refractivity contribution in [3.8, 4) is 5.75 Å². The fraction of sp³-hybridized carbons (Fsp3) is 0.605. The van der Waals surface area contributed by atoms with Crippen molar-refractivity contribution in [2.45, 2.75) is 96.1 Å². The number of benzene rings is 1. The molecule has 5 N–H and O–H groups in total. The Kier molecular flexibility index (Phi) is 12.2. The lowest BCUT2D eigenvalue weighted by Crippen LogP contribution is -2.69. The van der Waals surface area contributed by atoms with Gasteiger partial charge in [0, 0.05) is 30.1 Å². The Morgan fingerprint density at radius 2 is 1.74 bits per heavy atom. The summed E-state index contributed by atoms with van der Waals surface area (Å²) in [6.45, 7) is 5.48. The lowest BCUT2D eigenvalue weighted by Gasteiger charge is -2.62. The number of ether oxygens (including phenoxy) is 3. The molecule has 0 radical (unpaired) electrons. The number of hydrogen-bond donors (Lipinski definition) is 5. The van der Waals surface area contributed by atoms with Gasteiger partial charge in [0.15, 0.2) is 18.1 Å². The largest absolute Gasteiger partial charge is 0.514 e. The Labute approximate surface area is 311 Å². The second-order valence-electron chi connectivity index (χ2n) is 15.3. The molecule has 0 unspecified atom stereocenters. The minimum Gasteiger partial charge on any atom is -0.464 e. The third-order valence-corrected chi connectivity index (χ3v) is 12.2. The Morgan fingerprint density at radius 1 is 1.06 bits per heavy atom. The maximum Gasteiger partial charge on any atom is 0.514 e. The second kappa shape index (κ2) is 16.0. The summed E-state index contributed by atoms with van der Waals surface area (Å²) < 4.78 is 33.0. The topological polar surface area (TPSA) is 218 Å². The van der Waals surface area contributed by atoms with E-state index in [1.165, 1.54) is 31.2 Å². The van der Waals surface area contributed by atoms with Crippen LogP contribution in [0.2, 0.25) is 0 Å². The van der Waals surface area contributed by atoms with Crippen LogP contribution in [0, 0.1) is 28.6 Å². The molecule has 0 aliphatic heterocycles. The zero-order chi connectivity index (χ0) is 39.6. The first-order chi connectivity index (χ1) is 25.4. The number of hydrogen-bond acceptors (Lipinski definition) is 14. The summed E-state index contributed by atoms with van der Waals surface area (Å²) in [6, 6.07) is 4.93. The Balaban J connectivity index is 1.17. The summed E-state index contributed by atoms with van der Waals surface area (Å²) in [5.41, 5.74) is -5.41. The average Bonchev–Trinajstić information content (AvgIpc) is 3.31. The summed E-state index contributed by atoms with van der Waals surface area (Å²) in [6.07, 6.45) is 3.19. The molecule has 54 heavy (non-hydrogen) atoms. The third-order valence-electron chi connectivity index (χ3n) is 12.2. The minimum absolute atomic E-state index is 0.00336. The maximum atomic E-state index is 17.4. The van der Waals surface area contributed by atoms with Crippen LogP contribution in [-0.2, 0) is 39.9 Å². The van der Waals surface area contributed by atoms with Gasteiger partial charge in [-0.3, -0.25) is 29.6 Å². The molecular formula is C38H49FN2O13. The number of ketones is 2. The van der Waals surface area contributed by atoms with Crippen LogP contribution in [0.4, 0.5) is 9.18 Å². The molecule has 0 aromatic heterocycles. The molecule has 9 atom stereocenters. The minimum atomic E-state index is -2.13. The van der Waals surface area contributed by atoms with Crippen LogP contribution >= 0.6 is 0 Å². The summed E-state index contributed by atoms with van der Waals surface area (Å²) in [5, 5.41) is 42.8. The maximum absolute atomic E-state index is 17.4. The third kappa shape index (κ3) is 7.59. The number of nitrogens with zero attached hydrogens (tertiary/aromatic N) is 1. The van der Waals surface area contributed by atoms with E-state index >= 15 is 4.39 Å². The predicted molar refractivity (Wildman–Crippen MR) is 184 cm³/mol. The van der Waals surface area contributed by atoms with Crippen molar-refractivity contribution in [2.75, 3.05) is 19.8 Å². The van der Waals surface area contributed by atoms with E-state index < -0.39 is 87.8 Å². The van der Waals surface area contributed by atoms with E-state index in [4.69, 9.17) is 24.6 Å². The summed E-state index contributed by atoms with van der Waals surface area (Å²) in [4.78, 5) is 67.4. The number of allylic oxidation sites excluding steroid dienone is 4. The van der Waals surface area contributed by atoms with Crippen molar-refractivity contribution in [1.82, 2.24) is 10.7 Å². The van der Waals surface area contributed by atoms with Crippen molar-refractivity contribution in [3.05, 3.63) is 53.6 Å². The zero-order valence-corrected chi connectivity index (χ0v) is 30.8. The molecule has 4 aliphatic rings. The molecule has 3 saturated carbocycles. The van der Waals surface area contributed by atoms with Crippen molar-refractivity contribution in [3.63, 3.8) is 0 Å². The first-order valence-electron chi connectivity index (χ1n) is 18.1. The van der Waals surface area contributed by atoms with E-state index in [1.807, 2.05) is 0 Å². The highest BCUT2D eigenvalue weighted by Crippen LogP contribution is 2.70. The molecular weight excluding hydrogens is 711 g/mol. The van der Waals surface area contributed by atoms with Gasteiger partial charge in [0.2, 0.25) is 11.7 Å². The van der Waals surface area contributed by atoms with E-state index in [0.29, 0.717) is 43.2 Å². The molecule has 1 aromatic rings. The number of carbonyl (C=O) groups excluding carboxylic acids is 5. The molecule has 1 aromatic carbocycles. The molecule has 0 bridgehead atoms. The fourth-order valence-corrected chi connectivity index (χ4v) is 9.49. The molecule has 4 aliphatic carbocycles. The van der Waals surface area contributed by atoms with Crippen LogP contribution in [0.1, 0.15) is 71.8 Å². The molecule has 0 heterocycles. The molecule has 3 fully saturated rings. The van der Waals surface area contributed by atoms with Crippen LogP contribution in [0.3, 0.4) is 0 Å². The van der Waals surface area contributed by atoms with E-state index in [1.54, 1.807) is 39.0 Å².